The Morgan fingerprint density at radius 3 is 2.53 bits per heavy atom. The molecule has 5 amide bonds. The Morgan fingerprint density at radius 2 is 1.75 bits per heavy atom. The lowest BCUT2D eigenvalue weighted by molar-refractivity contribution is -0.136. The van der Waals surface area contributed by atoms with Crippen LogP contribution < -0.4 is 15.5 Å². The predicted molar refractivity (Wildman–Crippen MR) is 211 cm³/mol. The molecule has 0 saturated carbocycles. The highest BCUT2D eigenvalue weighted by Gasteiger charge is 2.46. The van der Waals surface area contributed by atoms with Gasteiger partial charge >= 0.3 is 0 Å². The third-order valence-electron chi connectivity index (χ3n) is 12.0. The lowest BCUT2D eigenvalue weighted by Gasteiger charge is -2.34. The van der Waals surface area contributed by atoms with E-state index in [1.54, 1.807) is 24.3 Å². The highest BCUT2D eigenvalue weighted by Crippen LogP contribution is 2.36. The van der Waals surface area contributed by atoms with Crippen molar-refractivity contribution in [3.63, 3.8) is 0 Å². The van der Waals surface area contributed by atoms with Crippen molar-refractivity contribution >= 4 is 51.9 Å². The summed E-state index contributed by atoms with van der Waals surface area (Å²) in [6, 6.07) is 17.9. The molecule has 5 aromatic rings. The largest absolute Gasteiger partial charge is 0.371 e. The van der Waals surface area contributed by atoms with Crippen LogP contribution in [-0.2, 0) is 22.7 Å². The molecule has 15 heteroatoms. The van der Waals surface area contributed by atoms with Crippen LogP contribution in [0.1, 0.15) is 88.8 Å². The monoisotopic (exact) mass is 768 g/mol. The van der Waals surface area contributed by atoms with Gasteiger partial charge in [-0.1, -0.05) is 23.4 Å². The average molecular weight is 769 g/mol. The van der Waals surface area contributed by atoms with Crippen molar-refractivity contribution in [3.8, 4) is 11.3 Å². The zero-order valence-electron chi connectivity index (χ0n) is 31.7. The minimum Gasteiger partial charge on any atom is -0.371 e. The standard InChI is InChI=1S/C42H44N10O5/c1-25-4-3-18-50(25)24-36-44-31-12-11-29(22-32(31)45-36)43-39(54)28-9-7-27(8-10-28)33-23-51(48-47-33)21-17-26-15-19-49(20-16-26)34-6-2-5-30-38(34)42(57)52(41(30)56)35-13-14-37(53)46-40(35)55/h2,5-12,22-23,25-26,35H,3-4,13-21,24H2,1H3,(H,43,54)(H,44,45)(H,46,53,55)/t25-,35?/m0/s1. The number of hydrogen-bond acceptors (Lipinski definition) is 10. The number of piperidine rings is 2. The first-order valence-corrected chi connectivity index (χ1v) is 19.8. The average Bonchev–Trinajstić information content (AvgIpc) is 4.01. The molecule has 292 valence electrons. The molecular weight excluding hydrogens is 725 g/mol. The number of benzene rings is 3. The van der Waals surface area contributed by atoms with Gasteiger partial charge in [0.05, 0.1) is 40.6 Å². The third kappa shape index (κ3) is 7.18. The second-order valence-corrected chi connectivity index (χ2v) is 15.6. The van der Waals surface area contributed by atoms with Crippen LogP contribution in [0.2, 0.25) is 0 Å². The van der Waals surface area contributed by atoms with E-state index in [9.17, 15) is 24.0 Å². The number of carbonyl (C=O) groups excluding carboxylic acids is 5. The highest BCUT2D eigenvalue weighted by atomic mass is 16.2. The van der Waals surface area contributed by atoms with Gasteiger partial charge in [-0.25, -0.2) is 4.98 Å². The van der Waals surface area contributed by atoms with Gasteiger partial charge in [0.1, 0.15) is 17.6 Å². The molecule has 1 unspecified atom stereocenters. The second-order valence-electron chi connectivity index (χ2n) is 15.6. The van der Waals surface area contributed by atoms with Gasteiger partial charge in [-0.15, -0.1) is 5.10 Å². The van der Waals surface area contributed by atoms with E-state index in [0.717, 1.165) is 78.5 Å². The van der Waals surface area contributed by atoms with E-state index in [1.165, 1.54) is 12.8 Å². The summed E-state index contributed by atoms with van der Waals surface area (Å²) in [4.78, 5) is 78.0. The fourth-order valence-electron chi connectivity index (χ4n) is 8.71. The van der Waals surface area contributed by atoms with E-state index in [4.69, 9.17) is 4.98 Å². The van der Waals surface area contributed by atoms with Gasteiger partial charge in [0.2, 0.25) is 11.8 Å². The second kappa shape index (κ2) is 15.0. The Kier molecular flexibility index (Phi) is 9.60. The molecule has 15 nitrogen and oxygen atoms in total. The number of amides is 5. The normalized spacial score (nSPS) is 20.4. The van der Waals surface area contributed by atoms with Crippen LogP contribution in [0.15, 0.2) is 66.9 Å². The molecular formula is C42H44N10O5. The fourth-order valence-corrected chi connectivity index (χ4v) is 8.71. The molecule has 2 atom stereocenters. The molecule has 3 fully saturated rings. The van der Waals surface area contributed by atoms with E-state index < -0.39 is 29.7 Å². The number of anilines is 2. The van der Waals surface area contributed by atoms with Crippen molar-refractivity contribution < 1.29 is 24.0 Å². The third-order valence-corrected chi connectivity index (χ3v) is 12.0. The van der Waals surface area contributed by atoms with Gasteiger partial charge in [-0.2, -0.15) is 0 Å². The van der Waals surface area contributed by atoms with E-state index >= 15 is 0 Å². The van der Waals surface area contributed by atoms with E-state index in [-0.39, 0.29) is 18.7 Å². The molecule has 4 aliphatic rings. The lowest BCUT2D eigenvalue weighted by Crippen LogP contribution is -2.54. The summed E-state index contributed by atoms with van der Waals surface area (Å²) < 4.78 is 1.85. The zero-order chi connectivity index (χ0) is 39.2. The number of rotatable bonds is 10. The Morgan fingerprint density at radius 1 is 0.930 bits per heavy atom. The Hall–Kier alpha value is -6.22. The quantitative estimate of drug-likeness (QED) is 0.168. The van der Waals surface area contributed by atoms with Crippen molar-refractivity contribution in [2.45, 2.75) is 77.0 Å². The summed E-state index contributed by atoms with van der Waals surface area (Å²) in [5.74, 6) is -0.816. The number of H-pyrrole nitrogens is 1. The first-order valence-electron chi connectivity index (χ1n) is 19.8. The predicted octanol–water partition coefficient (Wildman–Crippen LogP) is 4.77. The van der Waals surface area contributed by atoms with E-state index in [0.29, 0.717) is 46.6 Å². The maximum atomic E-state index is 13.6. The first-order chi connectivity index (χ1) is 27.7. The summed E-state index contributed by atoms with van der Waals surface area (Å²) in [5.41, 5.74) is 5.93. The molecule has 0 spiro atoms. The SMILES string of the molecule is C[C@H]1CCCN1Cc1nc2ccc(NC(=O)c3ccc(-c4cn(CCC5CCN(c6cccc7c6C(=O)N(C6CCC(=O)NC6=O)C7=O)CC5)nn4)cc3)cc2[nH]1. The molecule has 3 N–H and O–H groups in total. The smallest absolute Gasteiger partial charge is 0.264 e. The first kappa shape index (κ1) is 36.4. The number of imide groups is 2. The van der Waals surface area contributed by atoms with E-state index in [2.05, 4.69) is 42.7 Å². The van der Waals surface area contributed by atoms with Gasteiger partial charge in [-0.05, 0) is 100 Å². The maximum Gasteiger partial charge on any atom is 0.264 e. The molecule has 6 heterocycles. The van der Waals surface area contributed by atoms with Gasteiger partial charge < -0.3 is 15.2 Å². The van der Waals surface area contributed by atoms with Crippen molar-refractivity contribution in [1.29, 1.82) is 0 Å². The minimum atomic E-state index is -0.991. The Labute approximate surface area is 328 Å². The van der Waals surface area contributed by atoms with Gasteiger partial charge in [0.25, 0.3) is 17.7 Å². The van der Waals surface area contributed by atoms with Crippen molar-refractivity contribution in [3.05, 3.63) is 89.4 Å². The molecule has 9 rings (SSSR count). The molecule has 0 bridgehead atoms. The molecule has 3 saturated heterocycles. The Bertz CT molecular complexity index is 2400. The number of nitrogens with zero attached hydrogens (tertiary/aromatic N) is 7. The molecule has 0 aliphatic carbocycles. The molecule has 57 heavy (non-hydrogen) atoms. The molecule has 4 aliphatic heterocycles. The molecule has 0 radical (unpaired) electrons. The van der Waals surface area contributed by atoms with Crippen LogP contribution in [0.3, 0.4) is 0 Å². The number of imidazole rings is 1. The Balaban J connectivity index is 0.768. The fraction of sp³-hybridized carbons (Fsp3) is 0.381. The van der Waals surface area contributed by atoms with Crippen molar-refractivity contribution in [1.82, 2.24) is 40.1 Å². The number of aromatic nitrogens is 5. The summed E-state index contributed by atoms with van der Waals surface area (Å²) in [7, 11) is 0. The van der Waals surface area contributed by atoms with Crippen molar-refractivity contribution in [2.24, 2.45) is 5.92 Å². The van der Waals surface area contributed by atoms with Gasteiger partial charge in [0, 0.05) is 48.9 Å². The summed E-state index contributed by atoms with van der Waals surface area (Å²) in [5, 5.41) is 14.0. The van der Waals surface area contributed by atoms with E-state index in [1.807, 2.05) is 47.3 Å². The van der Waals surface area contributed by atoms with Crippen LogP contribution in [0.4, 0.5) is 11.4 Å². The minimum absolute atomic E-state index is 0.0825. The maximum absolute atomic E-state index is 13.6. The summed E-state index contributed by atoms with van der Waals surface area (Å²) in [6.07, 6.45) is 7.29. The topological polar surface area (TPSA) is 179 Å². The van der Waals surface area contributed by atoms with Crippen LogP contribution in [0.5, 0.6) is 0 Å². The summed E-state index contributed by atoms with van der Waals surface area (Å²) >= 11 is 0. The number of aryl methyl sites for hydroxylation is 1. The van der Waals surface area contributed by atoms with Crippen LogP contribution >= 0.6 is 0 Å². The number of fused-ring (bicyclic) bond motifs is 2. The van der Waals surface area contributed by atoms with Crippen LogP contribution in [-0.4, -0.2) is 96.0 Å². The molecule has 3 aromatic carbocycles. The number of aromatic amines is 1. The van der Waals surface area contributed by atoms with Gasteiger partial charge in [0.15, 0.2) is 0 Å². The van der Waals surface area contributed by atoms with Crippen LogP contribution in [0.25, 0.3) is 22.3 Å². The lowest BCUT2D eigenvalue weighted by atomic mass is 9.92. The number of nitrogens with one attached hydrogen (secondary N) is 3. The molecule has 2 aromatic heterocycles. The summed E-state index contributed by atoms with van der Waals surface area (Å²) in [6.45, 7) is 6.29. The van der Waals surface area contributed by atoms with Crippen LogP contribution in [0, 0.1) is 5.92 Å². The van der Waals surface area contributed by atoms with Crippen molar-refractivity contribution in [2.75, 3.05) is 29.9 Å². The zero-order valence-corrected chi connectivity index (χ0v) is 31.7. The van der Waals surface area contributed by atoms with Gasteiger partial charge in [-0.3, -0.25) is 43.8 Å². The number of carbonyl (C=O) groups is 5. The number of likely N-dealkylation sites (tertiary alicyclic amines) is 1. The number of hydrogen-bond donors (Lipinski definition) is 3. The highest BCUT2D eigenvalue weighted by molar-refractivity contribution is 6.25.